The lowest BCUT2D eigenvalue weighted by molar-refractivity contribution is 0.0471. The van der Waals surface area contributed by atoms with Gasteiger partial charge in [0.2, 0.25) is 10.0 Å². The van der Waals surface area contributed by atoms with E-state index < -0.39 is 16.0 Å². The van der Waals surface area contributed by atoms with Crippen LogP contribution >= 0.6 is 39.1 Å². The van der Waals surface area contributed by atoms with Gasteiger partial charge in [-0.25, -0.2) is 18.4 Å². The molecule has 0 aromatic heterocycles. The van der Waals surface area contributed by atoms with E-state index in [0.29, 0.717) is 20.1 Å². The fraction of sp³-hybridized carbons (Fsp3) is 0.0714. The lowest BCUT2D eigenvalue weighted by atomic mass is 10.2. The van der Waals surface area contributed by atoms with E-state index in [-0.39, 0.29) is 17.1 Å². The van der Waals surface area contributed by atoms with E-state index in [2.05, 4.69) is 15.9 Å². The number of carbonyl (C=O) groups is 1. The molecule has 0 aliphatic carbocycles. The Labute approximate surface area is 151 Å². The number of esters is 1. The molecular weight excluding hydrogens is 429 g/mol. The maximum Gasteiger partial charge on any atom is 0.339 e. The average Bonchev–Trinajstić information content (AvgIpc) is 2.47. The Bertz CT molecular complexity index is 871. The first-order valence-corrected chi connectivity index (χ1v) is 9.21. The monoisotopic (exact) mass is 437 g/mol. The summed E-state index contributed by atoms with van der Waals surface area (Å²) in [6.07, 6.45) is 0. The zero-order chi connectivity index (χ0) is 17.2. The Morgan fingerprint density at radius 3 is 2.43 bits per heavy atom. The predicted molar refractivity (Wildman–Crippen MR) is 91.1 cm³/mol. The number of carbonyl (C=O) groups excluding carboxylic acids is 1. The number of rotatable bonds is 4. The second-order valence-corrected chi connectivity index (χ2v) is 7.74. The van der Waals surface area contributed by atoms with Gasteiger partial charge >= 0.3 is 5.97 Å². The molecule has 0 unspecified atom stereocenters. The average molecular weight is 439 g/mol. The molecule has 0 spiro atoms. The minimum atomic E-state index is -3.91. The molecule has 0 saturated heterocycles. The standard InChI is InChI=1S/C14H10BrCl2NO4S/c15-11-3-2-9(23(18,20)21)6-10(11)14(19)22-7-8-1-4-12(16)13(17)5-8/h1-6H,7H2,(H2,18,20,21). The lowest BCUT2D eigenvalue weighted by Gasteiger charge is -2.08. The van der Waals surface area contributed by atoms with Crippen molar-refractivity contribution >= 4 is 55.1 Å². The highest BCUT2D eigenvalue weighted by Crippen LogP contribution is 2.24. The van der Waals surface area contributed by atoms with E-state index in [4.69, 9.17) is 33.1 Å². The largest absolute Gasteiger partial charge is 0.457 e. The van der Waals surface area contributed by atoms with Gasteiger partial charge in [0.15, 0.2) is 0 Å². The SMILES string of the molecule is NS(=O)(=O)c1ccc(Br)c(C(=O)OCc2ccc(Cl)c(Cl)c2)c1. The number of nitrogens with two attached hydrogens (primary N) is 1. The summed E-state index contributed by atoms with van der Waals surface area (Å²) in [7, 11) is -3.91. The Balaban J connectivity index is 2.19. The van der Waals surface area contributed by atoms with Gasteiger partial charge in [-0.2, -0.15) is 0 Å². The van der Waals surface area contributed by atoms with Gasteiger partial charge in [-0.15, -0.1) is 0 Å². The first kappa shape index (κ1) is 18.2. The molecule has 0 radical (unpaired) electrons. The van der Waals surface area contributed by atoms with Gasteiger partial charge in [-0.05, 0) is 51.8 Å². The highest BCUT2D eigenvalue weighted by atomic mass is 79.9. The molecule has 0 amide bonds. The number of hydrogen-bond donors (Lipinski definition) is 1. The molecule has 0 saturated carbocycles. The fourth-order valence-corrected chi connectivity index (χ4v) is 2.96. The van der Waals surface area contributed by atoms with Crippen molar-refractivity contribution in [2.24, 2.45) is 5.14 Å². The molecule has 0 atom stereocenters. The van der Waals surface area contributed by atoms with Crippen molar-refractivity contribution in [1.82, 2.24) is 0 Å². The third-order valence-electron chi connectivity index (χ3n) is 2.84. The van der Waals surface area contributed by atoms with Gasteiger partial charge in [0, 0.05) is 4.47 Å². The van der Waals surface area contributed by atoms with E-state index in [1.165, 1.54) is 12.1 Å². The first-order valence-electron chi connectivity index (χ1n) is 6.12. The zero-order valence-corrected chi connectivity index (χ0v) is 15.3. The van der Waals surface area contributed by atoms with Crippen LogP contribution < -0.4 is 5.14 Å². The van der Waals surface area contributed by atoms with E-state index >= 15 is 0 Å². The molecule has 2 aromatic carbocycles. The van der Waals surface area contributed by atoms with E-state index in [9.17, 15) is 13.2 Å². The summed E-state index contributed by atoms with van der Waals surface area (Å²) in [5.74, 6) is -0.701. The van der Waals surface area contributed by atoms with Crippen molar-refractivity contribution in [3.63, 3.8) is 0 Å². The van der Waals surface area contributed by atoms with Gasteiger partial charge in [0.05, 0.1) is 20.5 Å². The van der Waals surface area contributed by atoms with Crippen molar-refractivity contribution in [2.75, 3.05) is 0 Å². The summed E-state index contributed by atoms with van der Waals surface area (Å²) in [6, 6.07) is 8.68. The minimum absolute atomic E-state index is 0.0399. The van der Waals surface area contributed by atoms with Crippen LogP contribution in [0.2, 0.25) is 10.0 Å². The molecule has 0 bridgehead atoms. The Hall–Kier alpha value is -1.12. The predicted octanol–water partition coefficient (Wildman–Crippen LogP) is 3.76. The molecule has 5 nitrogen and oxygen atoms in total. The second kappa shape index (κ2) is 7.19. The van der Waals surface area contributed by atoms with Crippen LogP contribution in [0.3, 0.4) is 0 Å². The zero-order valence-electron chi connectivity index (χ0n) is 11.4. The molecular formula is C14H10BrCl2NO4S. The van der Waals surface area contributed by atoms with Crippen molar-refractivity contribution in [2.45, 2.75) is 11.5 Å². The summed E-state index contributed by atoms with van der Waals surface area (Å²) in [4.78, 5) is 11.9. The van der Waals surface area contributed by atoms with Gasteiger partial charge in [0.25, 0.3) is 0 Å². The molecule has 0 aliphatic rings. The summed E-state index contributed by atoms with van der Waals surface area (Å²) < 4.78 is 28.2. The van der Waals surface area contributed by atoms with E-state index in [1.807, 2.05) is 0 Å². The number of benzene rings is 2. The van der Waals surface area contributed by atoms with Crippen LogP contribution in [0.25, 0.3) is 0 Å². The third-order valence-corrected chi connectivity index (χ3v) is 5.18. The van der Waals surface area contributed by atoms with Crippen LogP contribution in [0.5, 0.6) is 0 Å². The molecule has 2 aromatic rings. The van der Waals surface area contributed by atoms with Gasteiger partial charge in [-0.1, -0.05) is 29.3 Å². The quantitative estimate of drug-likeness (QED) is 0.736. The molecule has 0 aliphatic heterocycles. The Kier molecular flexibility index (Phi) is 5.70. The number of halogens is 3. The normalized spacial score (nSPS) is 11.3. The number of hydrogen-bond acceptors (Lipinski definition) is 4. The number of ether oxygens (including phenoxy) is 1. The lowest BCUT2D eigenvalue weighted by Crippen LogP contribution is -2.14. The van der Waals surface area contributed by atoms with Crippen molar-refractivity contribution in [3.8, 4) is 0 Å². The summed E-state index contributed by atoms with van der Waals surface area (Å²) >= 11 is 14.9. The number of sulfonamides is 1. The van der Waals surface area contributed by atoms with Crippen LogP contribution in [-0.2, 0) is 21.4 Å². The van der Waals surface area contributed by atoms with E-state index in [0.717, 1.165) is 6.07 Å². The van der Waals surface area contributed by atoms with Crippen LogP contribution in [-0.4, -0.2) is 14.4 Å². The Morgan fingerprint density at radius 1 is 1.13 bits per heavy atom. The first-order chi connectivity index (χ1) is 10.7. The van der Waals surface area contributed by atoms with Crippen LogP contribution in [0.4, 0.5) is 0 Å². The molecule has 9 heteroatoms. The maximum atomic E-state index is 12.1. The summed E-state index contributed by atoms with van der Waals surface area (Å²) in [6.45, 7) is -0.0399. The number of primary sulfonamides is 1. The second-order valence-electron chi connectivity index (χ2n) is 4.51. The molecule has 0 fully saturated rings. The smallest absolute Gasteiger partial charge is 0.339 e. The van der Waals surface area contributed by atoms with Crippen LogP contribution in [0, 0.1) is 0 Å². The topological polar surface area (TPSA) is 86.5 Å². The van der Waals surface area contributed by atoms with E-state index in [1.54, 1.807) is 18.2 Å². The van der Waals surface area contributed by atoms with Crippen LogP contribution in [0.15, 0.2) is 45.8 Å². The third kappa shape index (κ3) is 4.68. The fourth-order valence-electron chi connectivity index (χ4n) is 1.69. The van der Waals surface area contributed by atoms with Crippen LogP contribution in [0.1, 0.15) is 15.9 Å². The molecule has 0 heterocycles. The summed E-state index contributed by atoms with van der Waals surface area (Å²) in [5, 5.41) is 5.79. The minimum Gasteiger partial charge on any atom is -0.457 e. The maximum absolute atomic E-state index is 12.1. The van der Waals surface area contributed by atoms with Crippen molar-refractivity contribution < 1.29 is 17.9 Å². The molecule has 2 N–H and O–H groups in total. The highest BCUT2D eigenvalue weighted by molar-refractivity contribution is 9.10. The van der Waals surface area contributed by atoms with Crippen molar-refractivity contribution in [1.29, 1.82) is 0 Å². The van der Waals surface area contributed by atoms with Gasteiger partial charge in [0.1, 0.15) is 6.61 Å². The molecule has 122 valence electrons. The van der Waals surface area contributed by atoms with Crippen molar-refractivity contribution in [3.05, 3.63) is 62.0 Å². The van der Waals surface area contributed by atoms with Gasteiger partial charge < -0.3 is 4.74 Å². The molecule has 2 rings (SSSR count). The van der Waals surface area contributed by atoms with Gasteiger partial charge in [-0.3, -0.25) is 0 Å². The highest BCUT2D eigenvalue weighted by Gasteiger charge is 2.17. The Morgan fingerprint density at radius 2 is 1.83 bits per heavy atom. The molecule has 23 heavy (non-hydrogen) atoms. The summed E-state index contributed by atoms with van der Waals surface area (Å²) in [5.41, 5.74) is 0.697.